The molecule has 0 spiro atoms. The van der Waals surface area contributed by atoms with Gasteiger partial charge in [0.05, 0.1) is 0 Å². The lowest BCUT2D eigenvalue weighted by Gasteiger charge is -2.04. The molecule has 0 aliphatic heterocycles. The summed E-state index contributed by atoms with van der Waals surface area (Å²) in [6.07, 6.45) is 2.87. The van der Waals surface area contributed by atoms with E-state index < -0.39 is 24.0 Å². The largest absolute Gasteiger partial charge is 0.480 e. The van der Waals surface area contributed by atoms with Gasteiger partial charge in [0.1, 0.15) is 12.1 Å². The highest BCUT2D eigenvalue weighted by molar-refractivity contribution is 5.76. The van der Waals surface area contributed by atoms with Crippen molar-refractivity contribution in [2.75, 3.05) is 13.1 Å². The number of carboxylic acid groups (broad SMARTS) is 2. The Bertz CT molecular complexity index is 447. The van der Waals surface area contributed by atoms with Crippen LogP contribution in [0.25, 0.3) is 0 Å². The number of aliphatic imine (C=N–C) groups is 2. The molecule has 0 fully saturated rings. The molecule has 0 saturated heterocycles. The smallest absolute Gasteiger partial charge is 0.320 e. The SMILES string of the molecule is NC(N)=NCCCC[C@H](N)C(=O)O.NC(N)=NCCC[C@@H](N)C(=O)O. The Kier molecular flexibility index (Phi) is 14.7. The number of carbonyl (C=O) groups is 2. The third-order valence-corrected chi connectivity index (χ3v) is 2.82. The van der Waals surface area contributed by atoms with Crippen LogP contribution in [0.4, 0.5) is 0 Å². The zero-order chi connectivity index (χ0) is 19.8. The van der Waals surface area contributed by atoms with Crippen molar-refractivity contribution >= 4 is 23.9 Å². The summed E-state index contributed by atoms with van der Waals surface area (Å²) in [4.78, 5) is 27.9. The quantitative estimate of drug-likeness (QED) is 0.107. The first-order chi connectivity index (χ1) is 11.6. The van der Waals surface area contributed by atoms with Crippen molar-refractivity contribution in [3.05, 3.63) is 0 Å². The lowest BCUT2D eigenvalue weighted by atomic mass is 10.1. The normalized spacial score (nSPS) is 12.1. The van der Waals surface area contributed by atoms with Gasteiger partial charge in [-0.15, -0.1) is 0 Å². The highest BCUT2D eigenvalue weighted by Gasteiger charge is 2.10. The van der Waals surface area contributed by atoms with Gasteiger partial charge in [-0.25, -0.2) is 0 Å². The van der Waals surface area contributed by atoms with Gasteiger partial charge in [0.15, 0.2) is 11.9 Å². The van der Waals surface area contributed by atoms with Crippen LogP contribution in [0.5, 0.6) is 0 Å². The van der Waals surface area contributed by atoms with Crippen LogP contribution in [0.1, 0.15) is 32.1 Å². The van der Waals surface area contributed by atoms with Crippen LogP contribution < -0.4 is 34.4 Å². The molecule has 0 aromatic rings. The summed E-state index contributed by atoms with van der Waals surface area (Å²) in [5.41, 5.74) is 30.8. The van der Waals surface area contributed by atoms with Gasteiger partial charge in [-0.2, -0.15) is 0 Å². The van der Waals surface area contributed by atoms with Gasteiger partial charge >= 0.3 is 11.9 Å². The van der Waals surface area contributed by atoms with Gasteiger partial charge < -0.3 is 44.6 Å². The molecular weight excluding hydrogens is 332 g/mol. The van der Waals surface area contributed by atoms with Crippen molar-refractivity contribution in [2.24, 2.45) is 44.4 Å². The van der Waals surface area contributed by atoms with E-state index in [2.05, 4.69) is 9.98 Å². The first-order valence-electron chi connectivity index (χ1n) is 7.65. The molecule has 146 valence electrons. The third-order valence-electron chi connectivity index (χ3n) is 2.82. The molecular formula is C13H30N8O4. The van der Waals surface area contributed by atoms with Gasteiger partial charge in [0, 0.05) is 13.1 Å². The summed E-state index contributed by atoms with van der Waals surface area (Å²) in [6.45, 7) is 0.942. The van der Waals surface area contributed by atoms with E-state index in [1.165, 1.54) is 0 Å². The molecule has 0 heterocycles. The topological polar surface area (TPSA) is 255 Å². The molecule has 2 atom stereocenters. The van der Waals surface area contributed by atoms with Gasteiger partial charge in [0.25, 0.3) is 0 Å². The molecule has 14 N–H and O–H groups in total. The van der Waals surface area contributed by atoms with Gasteiger partial charge in [-0.3, -0.25) is 19.6 Å². The molecule has 0 rings (SSSR count). The van der Waals surface area contributed by atoms with E-state index in [-0.39, 0.29) is 11.9 Å². The van der Waals surface area contributed by atoms with E-state index in [0.717, 1.165) is 6.42 Å². The second-order valence-electron chi connectivity index (χ2n) is 5.14. The molecule has 25 heavy (non-hydrogen) atoms. The van der Waals surface area contributed by atoms with Crippen LogP contribution in [-0.2, 0) is 9.59 Å². The number of hydrogen-bond acceptors (Lipinski definition) is 6. The Hall–Kier alpha value is -2.60. The maximum Gasteiger partial charge on any atom is 0.320 e. The summed E-state index contributed by atoms with van der Waals surface area (Å²) >= 11 is 0. The van der Waals surface area contributed by atoms with Gasteiger partial charge in [0.2, 0.25) is 0 Å². The number of hydrogen-bond donors (Lipinski definition) is 8. The monoisotopic (exact) mass is 362 g/mol. The number of unbranched alkanes of at least 4 members (excludes halogenated alkanes) is 1. The van der Waals surface area contributed by atoms with Crippen molar-refractivity contribution in [3.63, 3.8) is 0 Å². The number of rotatable bonds is 11. The van der Waals surface area contributed by atoms with Crippen LogP contribution in [0, 0.1) is 0 Å². The van der Waals surface area contributed by atoms with Crippen LogP contribution in [0.3, 0.4) is 0 Å². The van der Waals surface area contributed by atoms with Crippen molar-refractivity contribution in [2.45, 2.75) is 44.2 Å². The molecule has 12 nitrogen and oxygen atoms in total. The highest BCUT2D eigenvalue weighted by Crippen LogP contribution is 1.99. The molecule has 0 saturated carbocycles. The zero-order valence-corrected chi connectivity index (χ0v) is 14.2. The standard InChI is InChI=1S/C7H16N4O2.C6H14N4O2/c8-5(6(12)13)3-1-2-4-11-7(9)10;7-4(5(11)12)2-1-3-10-6(8)9/h5H,1-4,8H2,(H,12,13)(H4,9,10,11);4H,1-3,7H2,(H,11,12)(H4,8,9,10)/t5-;4-/m01/s1. The lowest BCUT2D eigenvalue weighted by molar-refractivity contribution is -0.139. The van der Waals surface area contributed by atoms with Gasteiger partial charge in [-0.1, -0.05) is 0 Å². The Morgan fingerprint density at radius 2 is 1.08 bits per heavy atom. The molecule has 0 amide bonds. The van der Waals surface area contributed by atoms with Crippen LogP contribution in [0.15, 0.2) is 9.98 Å². The van der Waals surface area contributed by atoms with Gasteiger partial charge in [-0.05, 0) is 32.1 Å². The highest BCUT2D eigenvalue weighted by atomic mass is 16.4. The summed E-state index contributed by atoms with van der Waals surface area (Å²) in [5, 5.41) is 16.8. The summed E-state index contributed by atoms with van der Waals surface area (Å²) < 4.78 is 0. The summed E-state index contributed by atoms with van der Waals surface area (Å²) in [5.74, 6) is -1.90. The molecule has 0 radical (unpaired) electrons. The Labute approximate surface area is 146 Å². The van der Waals surface area contributed by atoms with Crippen LogP contribution in [-0.4, -0.2) is 59.2 Å². The number of aliphatic carboxylic acids is 2. The predicted octanol–water partition coefficient (Wildman–Crippen LogP) is -2.71. The molecule has 0 aliphatic rings. The number of carboxylic acids is 2. The Morgan fingerprint density at radius 1 is 0.720 bits per heavy atom. The fourth-order valence-electron chi connectivity index (χ4n) is 1.45. The third kappa shape index (κ3) is 19.4. The van der Waals surface area contributed by atoms with E-state index in [1.54, 1.807) is 0 Å². The average molecular weight is 362 g/mol. The second kappa shape index (κ2) is 15.0. The Morgan fingerprint density at radius 3 is 1.44 bits per heavy atom. The maximum atomic E-state index is 10.3. The Balaban J connectivity index is 0. The minimum atomic E-state index is -1.00. The van der Waals surface area contributed by atoms with Crippen molar-refractivity contribution < 1.29 is 19.8 Å². The first kappa shape index (κ1) is 24.6. The van der Waals surface area contributed by atoms with Crippen molar-refractivity contribution in [1.82, 2.24) is 0 Å². The fraction of sp³-hybridized carbons (Fsp3) is 0.692. The number of nitrogens with two attached hydrogens (primary N) is 6. The van der Waals surface area contributed by atoms with Crippen molar-refractivity contribution in [3.8, 4) is 0 Å². The van der Waals surface area contributed by atoms with E-state index >= 15 is 0 Å². The van der Waals surface area contributed by atoms with E-state index in [1.807, 2.05) is 0 Å². The first-order valence-corrected chi connectivity index (χ1v) is 7.65. The summed E-state index contributed by atoms with van der Waals surface area (Å²) in [6, 6.07) is -1.60. The average Bonchev–Trinajstić information content (AvgIpc) is 2.50. The fourth-order valence-corrected chi connectivity index (χ4v) is 1.45. The molecule has 12 heteroatoms. The second-order valence-corrected chi connectivity index (χ2v) is 5.14. The number of guanidine groups is 2. The minimum Gasteiger partial charge on any atom is -0.480 e. The van der Waals surface area contributed by atoms with E-state index in [4.69, 9.17) is 44.6 Å². The zero-order valence-electron chi connectivity index (χ0n) is 14.2. The molecule has 0 aliphatic carbocycles. The molecule has 0 unspecified atom stereocenters. The van der Waals surface area contributed by atoms with Crippen LogP contribution >= 0.6 is 0 Å². The maximum absolute atomic E-state index is 10.3. The number of nitrogens with zero attached hydrogens (tertiary/aromatic N) is 2. The lowest BCUT2D eigenvalue weighted by Crippen LogP contribution is -2.30. The van der Waals surface area contributed by atoms with Crippen molar-refractivity contribution in [1.29, 1.82) is 0 Å². The minimum absolute atomic E-state index is 0.0129. The molecule has 0 aromatic carbocycles. The predicted molar refractivity (Wildman–Crippen MR) is 95.7 cm³/mol. The molecule has 0 aromatic heterocycles. The summed E-state index contributed by atoms with van der Waals surface area (Å²) in [7, 11) is 0. The van der Waals surface area contributed by atoms with Crippen LogP contribution in [0.2, 0.25) is 0 Å². The van der Waals surface area contributed by atoms with E-state index in [9.17, 15) is 9.59 Å². The van der Waals surface area contributed by atoms with E-state index in [0.29, 0.717) is 38.8 Å². The molecule has 0 bridgehead atoms.